The average molecular weight is 264 g/mol. The lowest BCUT2D eigenvalue weighted by Crippen LogP contribution is -2.20. The largest absolute Gasteiger partial charge is 0.289 e. The first-order valence-corrected chi connectivity index (χ1v) is 5.63. The first-order valence-electron chi connectivity index (χ1n) is 4.12. The Bertz CT molecular complexity index is 481. The molecule has 1 aromatic rings. The van der Waals surface area contributed by atoms with Crippen LogP contribution in [0.5, 0.6) is 0 Å². The highest BCUT2D eigenvalue weighted by Crippen LogP contribution is 2.29. The average Bonchev–Trinajstić information content (AvgIpc) is 2.20. The smallest absolute Gasteiger partial charge is 0.272 e. The van der Waals surface area contributed by atoms with Crippen LogP contribution in [-0.2, 0) is 10.9 Å². The van der Waals surface area contributed by atoms with Crippen LogP contribution in [0.4, 0.5) is 11.4 Å². The molecule has 0 saturated heterocycles. The van der Waals surface area contributed by atoms with Crippen molar-refractivity contribution in [2.45, 2.75) is 0 Å². The van der Waals surface area contributed by atoms with Crippen molar-refractivity contribution in [1.29, 1.82) is 0 Å². The van der Waals surface area contributed by atoms with Crippen molar-refractivity contribution in [2.24, 2.45) is 0 Å². The van der Waals surface area contributed by atoms with Crippen LogP contribution in [0.15, 0.2) is 18.2 Å². The van der Waals surface area contributed by atoms with E-state index in [0.717, 1.165) is 10.4 Å². The van der Waals surface area contributed by atoms with Gasteiger partial charge in [0.15, 0.2) is 0 Å². The SMILES string of the molecule is [CH2]CN(c1ccc(Cl)c([N+](=O)[O-])c1)[SH](=O)=O. The molecule has 0 aromatic heterocycles. The Kier molecular flexibility index (Phi) is 4.08. The molecule has 0 unspecified atom stereocenters. The van der Waals surface area contributed by atoms with Gasteiger partial charge in [0.1, 0.15) is 5.02 Å². The molecule has 1 rings (SSSR count). The second kappa shape index (κ2) is 5.13. The van der Waals surface area contributed by atoms with E-state index in [9.17, 15) is 18.5 Å². The molecule has 0 atom stereocenters. The Labute approximate surface area is 98.7 Å². The molecule has 1 radical (unpaired) electrons. The van der Waals surface area contributed by atoms with Crippen LogP contribution in [-0.4, -0.2) is 19.9 Å². The topological polar surface area (TPSA) is 80.5 Å². The van der Waals surface area contributed by atoms with Gasteiger partial charge in [-0.3, -0.25) is 14.4 Å². The highest BCUT2D eigenvalue weighted by molar-refractivity contribution is 7.74. The van der Waals surface area contributed by atoms with Crippen LogP contribution < -0.4 is 4.31 Å². The van der Waals surface area contributed by atoms with Crippen molar-refractivity contribution >= 4 is 33.9 Å². The predicted molar refractivity (Wildman–Crippen MR) is 61.1 cm³/mol. The third kappa shape index (κ3) is 2.61. The van der Waals surface area contributed by atoms with E-state index in [2.05, 4.69) is 6.92 Å². The molecule has 0 aliphatic rings. The molecule has 6 nitrogen and oxygen atoms in total. The minimum absolute atomic E-state index is 0.0427. The second-order valence-electron chi connectivity index (χ2n) is 2.75. The number of nitro groups is 1. The molecule has 0 aliphatic carbocycles. The highest BCUT2D eigenvalue weighted by atomic mass is 35.5. The first-order chi connectivity index (χ1) is 7.47. The summed E-state index contributed by atoms with van der Waals surface area (Å²) in [5.74, 6) is 0. The maximum absolute atomic E-state index is 10.8. The zero-order valence-electron chi connectivity index (χ0n) is 8.00. The van der Waals surface area contributed by atoms with E-state index in [4.69, 9.17) is 11.6 Å². The first kappa shape index (κ1) is 12.7. The maximum Gasteiger partial charge on any atom is 0.289 e. The number of nitro benzene ring substituents is 1. The molecule has 0 saturated carbocycles. The van der Waals surface area contributed by atoms with Crippen molar-refractivity contribution in [3.8, 4) is 0 Å². The van der Waals surface area contributed by atoms with Gasteiger partial charge in [0.05, 0.1) is 10.6 Å². The Hall–Kier alpha value is -1.34. The summed E-state index contributed by atoms with van der Waals surface area (Å²) in [5.41, 5.74) is -0.170. The van der Waals surface area contributed by atoms with Gasteiger partial charge < -0.3 is 0 Å². The zero-order valence-corrected chi connectivity index (χ0v) is 9.65. The van der Waals surface area contributed by atoms with Gasteiger partial charge >= 0.3 is 0 Å². The molecule has 87 valence electrons. The number of thiol groups is 1. The van der Waals surface area contributed by atoms with E-state index < -0.39 is 15.8 Å². The number of hydrogen-bond donors (Lipinski definition) is 1. The Morgan fingerprint density at radius 2 is 2.12 bits per heavy atom. The quantitative estimate of drug-likeness (QED) is 0.506. The molecule has 0 heterocycles. The van der Waals surface area contributed by atoms with Gasteiger partial charge in [-0.1, -0.05) is 11.6 Å². The molecule has 0 N–H and O–H groups in total. The molecule has 0 aliphatic heterocycles. The van der Waals surface area contributed by atoms with Crippen LogP contribution in [0.1, 0.15) is 0 Å². The van der Waals surface area contributed by atoms with Crippen LogP contribution >= 0.6 is 11.6 Å². The fraction of sp³-hybridized carbons (Fsp3) is 0.125. The van der Waals surface area contributed by atoms with Crippen molar-refractivity contribution < 1.29 is 13.3 Å². The summed E-state index contributed by atoms with van der Waals surface area (Å²) in [6.45, 7) is 3.38. The van der Waals surface area contributed by atoms with Gasteiger partial charge in [0.2, 0.25) is 10.9 Å². The fourth-order valence-corrected chi connectivity index (χ4v) is 1.77. The Balaban J connectivity index is 3.26. The van der Waals surface area contributed by atoms with Crippen LogP contribution in [0.3, 0.4) is 0 Å². The summed E-state index contributed by atoms with van der Waals surface area (Å²) in [5, 5.41) is 10.5. The highest BCUT2D eigenvalue weighted by Gasteiger charge is 2.16. The summed E-state index contributed by atoms with van der Waals surface area (Å²) in [7, 11) is -2.88. The van der Waals surface area contributed by atoms with E-state index >= 15 is 0 Å². The number of anilines is 1. The van der Waals surface area contributed by atoms with E-state index in [1.54, 1.807) is 0 Å². The van der Waals surface area contributed by atoms with Crippen molar-refractivity contribution in [3.63, 3.8) is 0 Å². The molecule has 0 amide bonds. The van der Waals surface area contributed by atoms with Crippen molar-refractivity contribution in [2.75, 3.05) is 10.8 Å². The summed E-state index contributed by atoms with van der Waals surface area (Å²) in [6.07, 6.45) is 0. The minimum atomic E-state index is -2.88. The minimum Gasteiger partial charge on any atom is -0.272 e. The van der Waals surface area contributed by atoms with Gasteiger partial charge in [0.25, 0.3) is 5.69 Å². The molecular weight excluding hydrogens is 256 g/mol. The lowest BCUT2D eigenvalue weighted by atomic mass is 10.3. The van der Waals surface area contributed by atoms with Crippen LogP contribution in [0.25, 0.3) is 0 Å². The molecule has 1 aromatic carbocycles. The number of rotatable bonds is 4. The summed E-state index contributed by atoms with van der Waals surface area (Å²) in [4.78, 5) is 9.92. The molecule has 0 fully saturated rings. The number of benzene rings is 1. The van der Waals surface area contributed by atoms with E-state index in [1.165, 1.54) is 12.1 Å². The molecule has 16 heavy (non-hydrogen) atoms. The fourth-order valence-electron chi connectivity index (χ4n) is 1.11. The zero-order chi connectivity index (χ0) is 12.3. The number of nitrogens with zero attached hydrogens (tertiary/aromatic N) is 2. The Morgan fingerprint density at radius 3 is 2.56 bits per heavy atom. The van der Waals surface area contributed by atoms with Gasteiger partial charge in [0, 0.05) is 12.6 Å². The van der Waals surface area contributed by atoms with Crippen molar-refractivity contribution in [1.82, 2.24) is 0 Å². The summed E-state index contributed by atoms with van der Waals surface area (Å²) in [6, 6.07) is 3.75. The van der Waals surface area contributed by atoms with Crippen molar-refractivity contribution in [3.05, 3.63) is 40.3 Å². The van der Waals surface area contributed by atoms with Gasteiger partial charge in [-0.05, 0) is 19.1 Å². The van der Waals surface area contributed by atoms with E-state index in [1.807, 2.05) is 0 Å². The van der Waals surface area contributed by atoms with Gasteiger partial charge in [-0.2, -0.15) is 0 Å². The molecule has 0 spiro atoms. The molecule has 0 bridgehead atoms. The Morgan fingerprint density at radius 1 is 1.50 bits per heavy atom. The van der Waals surface area contributed by atoms with Gasteiger partial charge in [-0.25, -0.2) is 8.42 Å². The van der Waals surface area contributed by atoms with E-state index in [-0.39, 0.29) is 22.9 Å². The monoisotopic (exact) mass is 263 g/mol. The standard InChI is InChI=1S/C8H8ClN2O4S/c1-2-10(16(14)15)6-3-4-7(9)8(5-6)11(12)13/h3-5,16H,1-2H2. The third-order valence-electron chi connectivity index (χ3n) is 1.83. The van der Waals surface area contributed by atoms with Crippen LogP contribution in [0, 0.1) is 17.0 Å². The summed E-state index contributed by atoms with van der Waals surface area (Å²) >= 11 is 5.59. The van der Waals surface area contributed by atoms with Gasteiger partial charge in [-0.15, -0.1) is 0 Å². The van der Waals surface area contributed by atoms with E-state index in [0.29, 0.717) is 0 Å². The second-order valence-corrected chi connectivity index (χ2v) is 4.12. The lowest BCUT2D eigenvalue weighted by molar-refractivity contribution is -0.384. The van der Waals surface area contributed by atoms with Crippen LogP contribution in [0.2, 0.25) is 5.02 Å². The third-order valence-corrected chi connectivity index (χ3v) is 2.98. The maximum atomic E-state index is 10.8. The number of hydrogen-bond acceptors (Lipinski definition) is 4. The molecule has 8 heteroatoms. The molecular formula is C8H8ClN2O4S. The predicted octanol–water partition coefficient (Wildman–Crippen LogP) is 1.42. The lowest BCUT2D eigenvalue weighted by Gasteiger charge is -2.14. The number of halogens is 1. The normalized spacial score (nSPS) is 10.4. The summed E-state index contributed by atoms with van der Waals surface area (Å²) < 4.78 is 22.5.